The molecule has 3 N–H and O–H groups in total. The molecule has 4 nitrogen and oxygen atoms in total. The number of benzene rings is 1. The van der Waals surface area contributed by atoms with Crippen LogP contribution in [-0.4, -0.2) is 16.4 Å². The van der Waals surface area contributed by atoms with Gasteiger partial charge in [-0.15, -0.1) is 24.8 Å². The van der Waals surface area contributed by atoms with Crippen molar-refractivity contribution in [3.63, 3.8) is 0 Å². The van der Waals surface area contributed by atoms with Gasteiger partial charge >= 0.3 is 0 Å². The van der Waals surface area contributed by atoms with Gasteiger partial charge in [0.1, 0.15) is 0 Å². The second-order valence-electron chi connectivity index (χ2n) is 5.59. The Morgan fingerprint density at radius 2 is 1.82 bits per heavy atom. The van der Waals surface area contributed by atoms with Crippen molar-refractivity contribution < 1.29 is 4.79 Å². The lowest BCUT2D eigenvalue weighted by Gasteiger charge is -2.31. The Morgan fingerprint density at radius 1 is 1.14 bits per heavy atom. The maximum atomic E-state index is 12.4. The van der Waals surface area contributed by atoms with Gasteiger partial charge in [-0.05, 0) is 25.0 Å². The van der Waals surface area contributed by atoms with Gasteiger partial charge in [-0.1, -0.05) is 37.5 Å². The Labute approximate surface area is 142 Å². The van der Waals surface area contributed by atoms with Crippen LogP contribution in [0.2, 0.25) is 0 Å². The van der Waals surface area contributed by atoms with E-state index in [9.17, 15) is 4.79 Å². The van der Waals surface area contributed by atoms with E-state index in [2.05, 4.69) is 10.3 Å². The van der Waals surface area contributed by atoms with E-state index < -0.39 is 5.54 Å². The Kier molecular flexibility index (Phi) is 6.60. The second kappa shape index (κ2) is 7.77. The molecule has 0 aliphatic heterocycles. The molecule has 1 aromatic carbocycles. The summed E-state index contributed by atoms with van der Waals surface area (Å²) < 4.78 is 0. The molecule has 0 spiro atoms. The van der Waals surface area contributed by atoms with Crippen LogP contribution >= 0.6 is 24.8 Å². The monoisotopic (exact) mass is 341 g/mol. The lowest BCUT2D eigenvalue weighted by atomic mass is 9.82. The summed E-state index contributed by atoms with van der Waals surface area (Å²) in [7, 11) is 0. The van der Waals surface area contributed by atoms with Gasteiger partial charge < -0.3 is 11.1 Å². The highest BCUT2D eigenvalue weighted by molar-refractivity contribution is 5.99. The van der Waals surface area contributed by atoms with Crippen LogP contribution in [0.4, 0.5) is 5.69 Å². The SMILES string of the molecule is Cl.Cl.NC1(C(=O)Nc2cnc3ccccc3c2)CCCCC1. The summed E-state index contributed by atoms with van der Waals surface area (Å²) >= 11 is 0. The predicted molar refractivity (Wildman–Crippen MR) is 94.9 cm³/mol. The number of carbonyl (C=O) groups excluding carboxylic acids is 1. The molecule has 1 saturated carbocycles. The number of nitrogens with one attached hydrogen (secondary N) is 1. The number of amides is 1. The van der Waals surface area contributed by atoms with Gasteiger partial charge in [0.15, 0.2) is 0 Å². The van der Waals surface area contributed by atoms with Gasteiger partial charge in [-0.3, -0.25) is 9.78 Å². The van der Waals surface area contributed by atoms with Crippen molar-refractivity contribution >= 4 is 47.3 Å². The highest BCUT2D eigenvalue weighted by Crippen LogP contribution is 2.27. The highest BCUT2D eigenvalue weighted by atomic mass is 35.5. The number of fused-ring (bicyclic) bond motifs is 1. The molecule has 22 heavy (non-hydrogen) atoms. The fourth-order valence-corrected chi connectivity index (χ4v) is 2.80. The van der Waals surface area contributed by atoms with E-state index in [1.807, 2.05) is 30.3 Å². The normalized spacial score (nSPS) is 16.2. The van der Waals surface area contributed by atoms with Crippen LogP contribution in [0.15, 0.2) is 36.5 Å². The topological polar surface area (TPSA) is 68.0 Å². The van der Waals surface area contributed by atoms with Crippen molar-refractivity contribution in [2.45, 2.75) is 37.6 Å². The van der Waals surface area contributed by atoms with Crippen LogP contribution < -0.4 is 11.1 Å². The standard InChI is InChI=1S/C16H19N3O.2ClH/c17-16(8-4-1-5-9-16)15(20)19-13-10-12-6-2-3-7-14(12)18-11-13;;/h2-3,6-7,10-11H,1,4-5,8-9,17H2,(H,19,20);2*1H. The van der Waals surface area contributed by atoms with E-state index in [-0.39, 0.29) is 30.7 Å². The van der Waals surface area contributed by atoms with Crippen molar-refractivity contribution in [3.8, 4) is 0 Å². The van der Waals surface area contributed by atoms with Gasteiger partial charge in [-0.2, -0.15) is 0 Å². The van der Waals surface area contributed by atoms with Crippen molar-refractivity contribution in [3.05, 3.63) is 36.5 Å². The number of hydrogen-bond acceptors (Lipinski definition) is 3. The van der Waals surface area contributed by atoms with E-state index in [0.717, 1.165) is 36.6 Å². The van der Waals surface area contributed by atoms with Crippen LogP contribution in [0.3, 0.4) is 0 Å². The van der Waals surface area contributed by atoms with Crippen molar-refractivity contribution in [1.82, 2.24) is 4.98 Å². The minimum atomic E-state index is -0.718. The molecule has 0 unspecified atom stereocenters. The number of nitrogens with zero attached hydrogens (tertiary/aromatic N) is 1. The summed E-state index contributed by atoms with van der Waals surface area (Å²) in [6.07, 6.45) is 6.44. The van der Waals surface area contributed by atoms with E-state index in [1.54, 1.807) is 6.20 Å². The fourth-order valence-electron chi connectivity index (χ4n) is 2.80. The molecule has 6 heteroatoms. The molecule has 3 rings (SSSR count). The summed E-state index contributed by atoms with van der Waals surface area (Å²) in [4.78, 5) is 16.7. The maximum absolute atomic E-state index is 12.4. The molecule has 1 aliphatic rings. The van der Waals surface area contributed by atoms with Crippen LogP contribution in [0.25, 0.3) is 10.9 Å². The summed E-state index contributed by atoms with van der Waals surface area (Å²) in [6, 6.07) is 9.78. The molecule has 0 bridgehead atoms. The molecule has 1 aliphatic carbocycles. The zero-order valence-corrected chi connectivity index (χ0v) is 13.9. The average Bonchev–Trinajstić information content (AvgIpc) is 2.48. The van der Waals surface area contributed by atoms with Gasteiger partial charge in [0.2, 0.25) is 5.91 Å². The molecular weight excluding hydrogens is 321 g/mol. The molecule has 0 atom stereocenters. The smallest absolute Gasteiger partial charge is 0.244 e. The van der Waals surface area contributed by atoms with Crippen molar-refractivity contribution in [2.75, 3.05) is 5.32 Å². The number of para-hydroxylation sites is 1. The number of pyridine rings is 1. The third-order valence-electron chi connectivity index (χ3n) is 4.05. The quantitative estimate of drug-likeness (QED) is 0.875. The van der Waals surface area contributed by atoms with Crippen LogP contribution in [0, 0.1) is 0 Å². The Balaban J connectivity index is 0.00000121. The van der Waals surface area contributed by atoms with Crippen LogP contribution in [0.1, 0.15) is 32.1 Å². The van der Waals surface area contributed by atoms with Crippen LogP contribution in [0.5, 0.6) is 0 Å². The first-order chi connectivity index (χ1) is 9.67. The van der Waals surface area contributed by atoms with Crippen molar-refractivity contribution in [1.29, 1.82) is 0 Å². The minimum absolute atomic E-state index is 0. The lowest BCUT2D eigenvalue weighted by molar-refractivity contribution is -0.122. The number of anilines is 1. The summed E-state index contributed by atoms with van der Waals surface area (Å²) in [5.74, 6) is -0.0886. The van der Waals surface area contributed by atoms with E-state index in [1.165, 1.54) is 6.42 Å². The first-order valence-electron chi connectivity index (χ1n) is 7.13. The zero-order chi connectivity index (χ0) is 14.0. The van der Waals surface area contributed by atoms with E-state index in [0.29, 0.717) is 5.69 Å². The molecule has 0 saturated heterocycles. The molecule has 1 heterocycles. The second-order valence-corrected chi connectivity index (χ2v) is 5.59. The zero-order valence-electron chi connectivity index (χ0n) is 12.2. The number of rotatable bonds is 2. The Morgan fingerprint density at radius 3 is 2.55 bits per heavy atom. The largest absolute Gasteiger partial charge is 0.323 e. The molecule has 0 radical (unpaired) electrons. The third-order valence-corrected chi connectivity index (χ3v) is 4.05. The third kappa shape index (κ3) is 3.88. The number of carbonyl (C=O) groups is 1. The molecular formula is C16H21Cl2N3O. The summed E-state index contributed by atoms with van der Waals surface area (Å²) in [6.45, 7) is 0. The molecule has 1 amide bonds. The molecule has 1 fully saturated rings. The number of nitrogens with two attached hydrogens (primary N) is 1. The number of halogens is 2. The maximum Gasteiger partial charge on any atom is 0.244 e. The number of hydrogen-bond donors (Lipinski definition) is 2. The van der Waals surface area contributed by atoms with Gasteiger partial charge in [-0.25, -0.2) is 0 Å². The predicted octanol–water partition coefficient (Wildman–Crippen LogP) is 3.68. The highest BCUT2D eigenvalue weighted by Gasteiger charge is 2.35. The van der Waals surface area contributed by atoms with E-state index in [4.69, 9.17) is 5.73 Å². The van der Waals surface area contributed by atoms with Crippen molar-refractivity contribution in [2.24, 2.45) is 5.73 Å². The number of aromatic nitrogens is 1. The first-order valence-corrected chi connectivity index (χ1v) is 7.13. The van der Waals surface area contributed by atoms with Crippen LogP contribution in [-0.2, 0) is 4.79 Å². The average molecular weight is 342 g/mol. The first kappa shape index (κ1) is 18.7. The summed E-state index contributed by atoms with van der Waals surface area (Å²) in [5, 5.41) is 3.93. The van der Waals surface area contributed by atoms with E-state index >= 15 is 0 Å². The van der Waals surface area contributed by atoms with Gasteiger partial charge in [0, 0.05) is 5.39 Å². The fraction of sp³-hybridized carbons (Fsp3) is 0.375. The molecule has 120 valence electrons. The van der Waals surface area contributed by atoms with Gasteiger partial charge in [0.05, 0.1) is 22.9 Å². The Hall–Kier alpha value is -1.36. The van der Waals surface area contributed by atoms with Gasteiger partial charge in [0.25, 0.3) is 0 Å². The lowest BCUT2D eigenvalue weighted by Crippen LogP contribution is -2.52. The molecule has 2 aromatic rings. The summed E-state index contributed by atoms with van der Waals surface area (Å²) in [5.41, 5.74) is 7.15. The molecule has 1 aromatic heterocycles. The Bertz CT molecular complexity index is 642. The minimum Gasteiger partial charge on any atom is -0.323 e.